The van der Waals surface area contributed by atoms with E-state index >= 15 is 0 Å². The van der Waals surface area contributed by atoms with Crippen molar-refractivity contribution in [2.75, 3.05) is 12.3 Å². The first kappa shape index (κ1) is 13.2. The second-order valence-electron chi connectivity index (χ2n) is 5.36. The molecule has 1 aromatic rings. The van der Waals surface area contributed by atoms with Crippen LogP contribution in [0.15, 0.2) is 18.2 Å². The summed E-state index contributed by atoms with van der Waals surface area (Å²) in [6, 6.07) is 5.45. The molecule has 0 saturated heterocycles. The molecule has 0 aromatic heterocycles. The molecule has 0 heterocycles. The highest BCUT2D eigenvalue weighted by molar-refractivity contribution is 6.31. The van der Waals surface area contributed by atoms with Crippen LogP contribution >= 0.6 is 11.6 Å². The van der Waals surface area contributed by atoms with Crippen LogP contribution in [0.4, 0.5) is 5.69 Å². The average Bonchev–Trinajstić information content (AvgIpc) is 3.07. The lowest BCUT2D eigenvalue weighted by molar-refractivity contribution is 0.0722. The maximum atomic E-state index is 12.5. The van der Waals surface area contributed by atoms with Gasteiger partial charge in [0.2, 0.25) is 0 Å². The van der Waals surface area contributed by atoms with Crippen molar-refractivity contribution in [1.82, 2.24) is 4.90 Å². The van der Waals surface area contributed by atoms with Crippen LogP contribution in [0.1, 0.15) is 37.0 Å². The van der Waals surface area contributed by atoms with Gasteiger partial charge < -0.3 is 10.6 Å². The predicted molar refractivity (Wildman–Crippen MR) is 74.8 cm³/mol. The van der Waals surface area contributed by atoms with Crippen LogP contribution in [0.25, 0.3) is 0 Å². The predicted octanol–water partition coefficient (Wildman–Crippen LogP) is 3.18. The van der Waals surface area contributed by atoms with Gasteiger partial charge in [-0.15, -0.1) is 0 Å². The highest BCUT2D eigenvalue weighted by Crippen LogP contribution is 2.30. The summed E-state index contributed by atoms with van der Waals surface area (Å²) in [5.41, 5.74) is 6.86. The number of carbonyl (C=O) groups excluding carboxylic acids is 1. The molecule has 1 aliphatic rings. The Bertz CT molecular complexity index is 435. The number of nitrogens with two attached hydrogens (primary N) is 1. The number of anilines is 1. The molecule has 1 aromatic carbocycles. The molecular formula is C14H19ClN2O. The van der Waals surface area contributed by atoms with Crippen LogP contribution in [0.5, 0.6) is 0 Å². The van der Waals surface area contributed by atoms with E-state index in [0.717, 1.165) is 19.4 Å². The number of benzene rings is 1. The van der Waals surface area contributed by atoms with Crippen molar-refractivity contribution >= 4 is 23.2 Å². The van der Waals surface area contributed by atoms with Gasteiger partial charge in [-0.2, -0.15) is 0 Å². The molecule has 18 heavy (non-hydrogen) atoms. The molecule has 0 unspecified atom stereocenters. The third-order valence-electron chi connectivity index (χ3n) is 2.98. The summed E-state index contributed by atoms with van der Waals surface area (Å²) in [7, 11) is 0. The van der Waals surface area contributed by atoms with Gasteiger partial charge in [0, 0.05) is 28.9 Å². The minimum Gasteiger partial charge on any atom is -0.399 e. The Morgan fingerprint density at radius 3 is 2.61 bits per heavy atom. The number of nitrogens with zero attached hydrogens (tertiary/aromatic N) is 1. The van der Waals surface area contributed by atoms with E-state index in [1.807, 2.05) is 4.90 Å². The molecule has 0 bridgehead atoms. The van der Waals surface area contributed by atoms with Gasteiger partial charge in [-0.1, -0.05) is 25.4 Å². The van der Waals surface area contributed by atoms with E-state index in [2.05, 4.69) is 13.8 Å². The Morgan fingerprint density at radius 1 is 1.44 bits per heavy atom. The van der Waals surface area contributed by atoms with E-state index in [1.54, 1.807) is 18.2 Å². The van der Waals surface area contributed by atoms with Gasteiger partial charge in [0.05, 0.1) is 0 Å². The Hall–Kier alpha value is -1.22. The molecule has 0 atom stereocenters. The maximum absolute atomic E-state index is 12.5. The Labute approximate surface area is 113 Å². The smallest absolute Gasteiger partial charge is 0.254 e. The van der Waals surface area contributed by atoms with Crippen LogP contribution in [0.3, 0.4) is 0 Å². The van der Waals surface area contributed by atoms with Crippen molar-refractivity contribution < 1.29 is 4.79 Å². The van der Waals surface area contributed by atoms with Crippen LogP contribution in [-0.4, -0.2) is 23.4 Å². The molecule has 2 rings (SSSR count). The van der Waals surface area contributed by atoms with Crippen molar-refractivity contribution in [3.8, 4) is 0 Å². The summed E-state index contributed by atoms with van der Waals surface area (Å²) < 4.78 is 0. The number of amides is 1. The van der Waals surface area contributed by atoms with Crippen molar-refractivity contribution in [2.45, 2.75) is 32.7 Å². The molecule has 1 saturated carbocycles. The summed E-state index contributed by atoms with van der Waals surface area (Å²) in [4.78, 5) is 14.4. The van der Waals surface area contributed by atoms with E-state index < -0.39 is 0 Å². The van der Waals surface area contributed by atoms with Crippen LogP contribution in [0, 0.1) is 5.92 Å². The second kappa shape index (κ2) is 5.19. The lowest BCUT2D eigenvalue weighted by Gasteiger charge is -2.24. The minimum atomic E-state index is 0.0420. The lowest BCUT2D eigenvalue weighted by Crippen LogP contribution is -2.36. The normalized spacial score (nSPS) is 14.9. The van der Waals surface area contributed by atoms with Crippen molar-refractivity contribution in [3.05, 3.63) is 28.8 Å². The highest BCUT2D eigenvalue weighted by Gasteiger charge is 2.33. The largest absolute Gasteiger partial charge is 0.399 e. The number of carbonyl (C=O) groups is 1. The second-order valence-corrected chi connectivity index (χ2v) is 5.79. The molecule has 1 amide bonds. The van der Waals surface area contributed by atoms with Crippen LogP contribution < -0.4 is 5.73 Å². The number of nitrogen functional groups attached to an aromatic ring is 1. The molecule has 2 N–H and O–H groups in total. The number of halogens is 1. The SMILES string of the molecule is CC(C)CN(C(=O)c1cc(N)cc(Cl)c1)C1CC1. The van der Waals surface area contributed by atoms with E-state index in [0.29, 0.717) is 28.2 Å². The van der Waals surface area contributed by atoms with Crippen molar-refractivity contribution in [1.29, 1.82) is 0 Å². The molecule has 1 aliphatic carbocycles. The Kier molecular flexibility index (Phi) is 3.81. The van der Waals surface area contributed by atoms with E-state index in [9.17, 15) is 4.79 Å². The summed E-state index contributed by atoms with van der Waals surface area (Å²) in [5.74, 6) is 0.506. The van der Waals surface area contributed by atoms with Gasteiger partial charge in [-0.25, -0.2) is 0 Å². The fourth-order valence-electron chi connectivity index (χ4n) is 2.08. The van der Waals surface area contributed by atoms with Crippen molar-refractivity contribution in [3.63, 3.8) is 0 Å². The molecule has 3 nitrogen and oxygen atoms in total. The van der Waals surface area contributed by atoms with Crippen molar-refractivity contribution in [2.24, 2.45) is 5.92 Å². The summed E-state index contributed by atoms with van der Waals surface area (Å²) in [6.45, 7) is 5.03. The number of hydrogen-bond acceptors (Lipinski definition) is 2. The van der Waals surface area contributed by atoms with Gasteiger partial charge in [0.15, 0.2) is 0 Å². The van der Waals surface area contributed by atoms with Gasteiger partial charge in [0.25, 0.3) is 5.91 Å². The highest BCUT2D eigenvalue weighted by atomic mass is 35.5. The topological polar surface area (TPSA) is 46.3 Å². The zero-order valence-corrected chi connectivity index (χ0v) is 11.6. The first-order valence-electron chi connectivity index (χ1n) is 6.34. The fraction of sp³-hybridized carbons (Fsp3) is 0.500. The maximum Gasteiger partial charge on any atom is 0.254 e. The quantitative estimate of drug-likeness (QED) is 0.851. The van der Waals surface area contributed by atoms with Gasteiger partial charge >= 0.3 is 0 Å². The van der Waals surface area contributed by atoms with E-state index in [-0.39, 0.29) is 5.91 Å². The molecule has 0 spiro atoms. The summed E-state index contributed by atoms with van der Waals surface area (Å²) in [5, 5.41) is 0.513. The fourth-order valence-corrected chi connectivity index (χ4v) is 2.32. The Morgan fingerprint density at radius 2 is 2.11 bits per heavy atom. The van der Waals surface area contributed by atoms with Gasteiger partial charge in [-0.3, -0.25) is 4.79 Å². The average molecular weight is 267 g/mol. The molecule has 4 heteroatoms. The van der Waals surface area contributed by atoms with Crippen LogP contribution in [0.2, 0.25) is 5.02 Å². The minimum absolute atomic E-state index is 0.0420. The van der Waals surface area contributed by atoms with Gasteiger partial charge in [0.1, 0.15) is 0 Å². The van der Waals surface area contributed by atoms with Crippen LogP contribution in [-0.2, 0) is 0 Å². The first-order valence-corrected chi connectivity index (χ1v) is 6.72. The molecule has 1 fully saturated rings. The summed E-state index contributed by atoms with van der Waals surface area (Å²) in [6.07, 6.45) is 2.21. The third-order valence-corrected chi connectivity index (χ3v) is 3.20. The molecular weight excluding hydrogens is 248 g/mol. The molecule has 0 radical (unpaired) electrons. The molecule has 98 valence electrons. The first-order chi connectivity index (χ1) is 8.47. The standard InChI is InChI=1S/C14H19ClN2O/c1-9(2)8-17(13-3-4-13)14(18)10-5-11(15)7-12(16)6-10/h5-7,9,13H,3-4,8,16H2,1-2H3. The molecule has 0 aliphatic heterocycles. The Balaban J connectivity index is 2.21. The lowest BCUT2D eigenvalue weighted by atomic mass is 10.1. The van der Waals surface area contributed by atoms with E-state index in [1.165, 1.54) is 0 Å². The van der Waals surface area contributed by atoms with Gasteiger partial charge in [-0.05, 0) is 37.0 Å². The zero-order chi connectivity index (χ0) is 13.3. The number of rotatable bonds is 4. The monoisotopic (exact) mass is 266 g/mol. The van der Waals surface area contributed by atoms with E-state index in [4.69, 9.17) is 17.3 Å². The summed E-state index contributed by atoms with van der Waals surface area (Å²) >= 11 is 5.95. The third kappa shape index (κ3) is 3.16. The number of hydrogen-bond donors (Lipinski definition) is 1. The zero-order valence-electron chi connectivity index (χ0n) is 10.8.